The van der Waals surface area contributed by atoms with Gasteiger partial charge in [0.2, 0.25) is 0 Å². The molecule has 1 aliphatic rings. The molecule has 76 valence electrons. The number of hydrogen-bond acceptors (Lipinski definition) is 2. The standard InChI is InChI=1S/C11H11BO3/c1-11(2)5-6-3-7(12)4-8(10(13)14)9(6)15-11/h3-4H,5H2,1-2H3,(H,13,14). The summed E-state index contributed by atoms with van der Waals surface area (Å²) >= 11 is 0. The Hall–Kier alpha value is -1.45. The number of carboxylic acids is 1. The molecule has 0 saturated heterocycles. The molecule has 0 saturated carbocycles. The lowest BCUT2D eigenvalue weighted by Gasteiger charge is -2.17. The van der Waals surface area contributed by atoms with Gasteiger partial charge in [0.1, 0.15) is 24.8 Å². The van der Waals surface area contributed by atoms with Crippen molar-refractivity contribution in [3.63, 3.8) is 0 Å². The van der Waals surface area contributed by atoms with Crippen LogP contribution in [-0.4, -0.2) is 24.5 Å². The number of ether oxygens (including phenoxy) is 1. The molecule has 0 spiro atoms. The van der Waals surface area contributed by atoms with Gasteiger partial charge in [0.25, 0.3) is 0 Å². The molecular weight excluding hydrogens is 191 g/mol. The highest BCUT2D eigenvalue weighted by molar-refractivity contribution is 6.33. The van der Waals surface area contributed by atoms with Gasteiger partial charge in [0, 0.05) is 6.42 Å². The Morgan fingerprint density at radius 1 is 1.53 bits per heavy atom. The van der Waals surface area contributed by atoms with Gasteiger partial charge in [-0.05, 0) is 19.4 Å². The first-order valence-corrected chi connectivity index (χ1v) is 4.74. The maximum Gasteiger partial charge on any atom is 0.339 e. The summed E-state index contributed by atoms with van der Waals surface area (Å²) in [4.78, 5) is 11.0. The van der Waals surface area contributed by atoms with Gasteiger partial charge >= 0.3 is 5.97 Å². The summed E-state index contributed by atoms with van der Waals surface area (Å²) in [5.41, 5.74) is 1.14. The Balaban J connectivity index is 2.58. The van der Waals surface area contributed by atoms with Crippen LogP contribution < -0.4 is 10.2 Å². The van der Waals surface area contributed by atoms with Crippen LogP contribution in [0.5, 0.6) is 5.75 Å². The highest BCUT2D eigenvalue weighted by atomic mass is 16.5. The lowest BCUT2D eigenvalue weighted by Crippen LogP contribution is -2.25. The fourth-order valence-corrected chi connectivity index (χ4v) is 1.90. The number of hydrogen-bond donors (Lipinski definition) is 1. The van der Waals surface area contributed by atoms with Crippen LogP contribution in [0, 0.1) is 0 Å². The number of carbonyl (C=O) groups is 1. The van der Waals surface area contributed by atoms with E-state index in [-0.39, 0.29) is 11.2 Å². The molecule has 0 aliphatic carbocycles. The molecular formula is C11H11BO3. The molecule has 0 atom stereocenters. The quantitative estimate of drug-likeness (QED) is 0.688. The van der Waals surface area contributed by atoms with Crippen LogP contribution in [-0.2, 0) is 6.42 Å². The summed E-state index contributed by atoms with van der Waals surface area (Å²) in [6, 6.07) is 3.21. The highest BCUT2D eigenvalue weighted by Crippen LogP contribution is 2.36. The molecule has 1 N–H and O–H groups in total. The van der Waals surface area contributed by atoms with E-state index in [1.807, 2.05) is 13.8 Å². The molecule has 0 amide bonds. The lowest BCUT2D eigenvalue weighted by molar-refractivity contribution is 0.0685. The maximum atomic E-state index is 11.0. The molecule has 0 fully saturated rings. The van der Waals surface area contributed by atoms with Gasteiger partial charge in [-0.15, -0.1) is 0 Å². The third-order valence-corrected chi connectivity index (χ3v) is 2.41. The first-order valence-electron chi connectivity index (χ1n) is 4.74. The second-order valence-corrected chi connectivity index (χ2v) is 4.40. The van der Waals surface area contributed by atoms with Gasteiger partial charge < -0.3 is 9.84 Å². The van der Waals surface area contributed by atoms with Crippen molar-refractivity contribution in [1.29, 1.82) is 0 Å². The Labute approximate surface area is 89.5 Å². The Kier molecular flexibility index (Phi) is 2.03. The van der Waals surface area contributed by atoms with Crippen molar-refractivity contribution >= 4 is 19.3 Å². The van der Waals surface area contributed by atoms with Gasteiger partial charge in [-0.2, -0.15) is 0 Å². The van der Waals surface area contributed by atoms with E-state index in [1.165, 1.54) is 6.07 Å². The van der Waals surface area contributed by atoms with Crippen molar-refractivity contribution in [1.82, 2.24) is 0 Å². The van der Waals surface area contributed by atoms with Crippen LogP contribution in [0.25, 0.3) is 0 Å². The minimum atomic E-state index is -1.00. The van der Waals surface area contributed by atoms with E-state index in [4.69, 9.17) is 17.7 Å². The Morgan fingerprint density at radius 2 is 2.20 bits per heavy atom. The van der Waals surface area contributed by atoms with Crippen LogP contribution >= 0.6 is 0 Å². The van der Waals surface area contributed by atoms with E-state index < -0.39 is 5.97 Å². The summed E-state index contributed by atoms with van der Waals surface area (Å²) < 4.78 is 5.61. The summed E-state index contributed by atoms with van der Waals surface area (Å²) in [5, 5.41) is 9.01. The van der Waals surface area contributed by atoms with Gasteiger partial charge in [-0.1, -0.05) is 17.6 Å². The molecule has 1 aromatic rings. The average molecular weight is 202 g/mol. The van der Waals surface area contributed by atoms with Crippen molar-refractivity contribution in [2.75, 3.05) is 0 Å². The topological polar surface area (TPSA) is 46.5 Å². The third-order valence-electron chi connectivity index (χ3n) is 2.41. The zero-order valence-corrected chi connectivity index (χ0v) is 8.70. The molecule has 2 rings (SSSR count). The van der Waals surface area contributed by atoms with E-state index >= 15 is 0 Å². The van der Waals surface area contributed by atoms with E-state index in [1.54, 1.807) is 6.07 Å². The number of rotatable bonds is 1. The van der Waals surface area contributed by atoms with Crippen molar-refractivity contribution in [3.8, 4) is 5.75 Å². The largest absolute Gasteiger partial charge is 0.486 e. The van der Waals surface area contributed by atoms with Crippen LogP contribution in [0.4, 0.5) is 0 Å². The third kappa shape index (κ3) is 1.72. The second-order valence-electron chi connectivity index (χ2n) is 4.40. The number of benzene rings is 1. The molecule has 2 radical (unpaired) electrons. The van der Waals surface area contributed by atoms with Crippen molar-refractivity contribution in [2.24, 2.45) is 0 Å². The Morgan fingerprint density at radius 3 is 2.80 bits per heavy atom. The van der Waals surface area contributed by atoms with Crippen LogP contribution in [0.15, 0.2) is 12.1 Å². The Bertz CT molecular complexity index is 438. The summed E-state index contributed by atoms with van der Waals surface area (Å²) in [7, 11) is 5.64. The van der Waals surface area contributed by atoms with Gasteiger partial charge in [0.15, 0.2) is 0 Å². The molecule has 4 heteroatoms. The van der Waals surface area contributed by atoms with Gasteiger partial charge in [-0.25, -0.2) is 4.79 Å². The molecule has 3 nitrogen and oxygen atoms in total. The smallest absolute Gasteiger partial charge is 0.339 e. The van der Waals surface area contributed by atoms with Crippen LogP contribution in [0.3, 0.4) is 0 Å². The first kappa shape index (κ1) is 10.1. The molecule has 15 heavy (non-hydrogen) atoms. The maximum absolute atomic E-state index is 11.0. The SMILES string of the molecule is [B]c1cc2c(c(C(=O)O)c1)OC(C)(C)C2. The molecule has 1 aromatic carbocycles. The van der Waals surface area contributed by atoms with Gasteiger partial charge in [-0.3, -0.25) is 0 Å². The number of fused-ring (bicyclic) bond motifs is 1. The van der Waals surface area contributed by atoms with Crippen LogP contribution in [0.2, 0.25) is 0 Å². The zero-order chi connectivity index (χ0) is 11.2. The minimum absolute atomic E-state index is 0.149. The molecule has 0 aromatic heterocycles. The second kappa shape index (κ2) is 3.02. The van der Waals surface area contributed by atoms with E-state index in [0.717, 1.165) is 5.56 Å². The van der Waals surface area contributed by atoms with Crippen molar-refractivity contribution < 1.29 is 14.6 Å². The minimum Gasteiger partial charge on any atom is -0.486 e. The molecule has 0 bridgehead atoms. The predicted octanol–water partition coefficient (Wildman–Crippen LogP) is 0.892. The molecule has 0 unspecified atom stereocenters. The fraction of sp³-hybridized carbons (Fsp3) is 0.364. The normalized spacial score (nSPS) is 16.9. The molecule has 1 heterocycles. The van der Waals surface area contributed by atoms with Crippen molar-refractivity contribution in [3.05, 3.63) is 23.3 Å². The summed E-state index contributed by atoms with van der Waals surface area (Å²) in [6.07, 6.45) is 0.688. The number of aromatic carboxylic acids is 1. The summed E-state index contributed by atoms with van der Waals surface area (Å²) in [6.45, 7) is 3.85. The van der Waals surface area contributed by atoms with E-state index in [0.29, 0.717) is 17.6 Å². The lowest BCUT2D eigenvalue weighted by atomic mass is 9.89. The monoisotopic (exact) mass is 202 g/mol. The van der Waals surface area contributed by atoms with Gasteiger partial charge in [0.05, 0.1) is 0 Å². The van der Waals surface area contributed by atoms with Crippen LogP contribution in [0.1, 0.15) is 29.8 Å². The fourth-order valence-electron chi connectivity index (χ4n) is 1.90. The number of carboxylic acid groups (broad SMARTS) is 1. The summed E-state index contributed by atoms with van der Waals surface area (Å²) in [5.74, 6) is -0.544. The predicted molar refractivity (Wildman–Crippen MR) is 57.2 cm³/mol. The highest BCUT2D eigenvalue weighted by Gasteiger charge is 2.33. The van der Waals surface area contributed by atoms with Crippen molar-refractivity contribution in [2.45, 2.75) is 25.9 Å². The first-order chi connectivity index (χ1) is 6.89. The average Bonchev–Trinajstić information content (AvgIpc) is 2.36. The molecule has 1 aliphatic heterocycles. The van der Waals surface area contributed by atoms with E-state index in [2.05, 4.69) is 0 Å². The van der Waals surface area contributed by atoms with E-state index in [9.17, 15) is 4.79 Å². The zero-order valence-electron chi connectivity index (χ0n) is 8.70.